The molecule has 0 unspecified atom stereocenters. The van der Waals surface area contributed by atoms with Crippen molar-refractivity contribution in [1.82, 2.24) is 5.43 Å². The Morgan fingerprint density at radius 3 is 2.28 bits per heavy atom. The first-order chi connectivity index (χ1) is 13.8. The molecule has 0 bridgehead atoms. The fraction of sp³-hybridized carbons (Fsp3) is 0. The van der Waals surface area contributed by atoms with Crippen molar-refractivity contribution in [2.24, 2.45) is 5.10 Å². The van der Waals surface area contributed by atoms with Crippen molar-refractivity contribution in [3.63, 3.8) is 0 Å². The molecule has 0 radical (unpaired) electrons. The van der Waals surface area contributed by atoms with Crippen LogP contribution in [-0.2, 0) is 10.0 Å². The van der Waals surface area contributed by atoms with Crippen LogP contribution in [0.3, 0.4) is 0 Å². The minimum atomic E-state index is -3.71. The Balaban J connectivity index is 1.63. The predicted molar refractivity (Wildman–Crippen MR) is 109 cm³/mol. The second-order valence-electron chi connectivity index (χ2n) is 5.94. The third-order valence-corrected chi connectivity index (χ3v) is 5.23. The highest BCUT2D eigenvalue weighted by atomic mass is 32.2. The number of carbonyl (C=O) groups is 1. The van der Waals surface area contributed by atoms with Crippen molar-refractivity contribution in [3.05, 3.63) is 83.9 Å². The number of hydrogen-bond donors (Lipinski definition) is 4. The summed E-state index contributed by atoms with van der Waals surface area (Å²) in [5.74, 6) is -0.790. The number of rotatable bonds is 6. The molecule has 0 aromatic heterocycles. The first-order valence-corrected chi connectivity index (χ1v) is 9.87. The molecule has 8 nitrogen and oxygen atoms in total. The van der Waals surface area contributed by atoms with E-state index in [0.29, 0.717) is 11.3 Å². The average Bonchev–Trinajstić information content (AvgIpc) is 2.70. The summed E-state index contributed by atoms with van der Waals surface area (Å²) >= 11 is 0. The number of hydrazone groups is 1. The predicted octanol–water partition coefficient (Wildman–Crippen LogP) is 2.66. The van der Waals surface area contributed by atoms with E-state index in [0.717, 1.165) is 6.07 Å². The van der Waals surface area contributed by atoms with Gasteiger partial charge in [0.25, 0.3) is 15.9 Å². The summed E-state index contributed by atoms with van der Waals surface area (Å²) in [6, 6.07) is 17.7. The SMILES string of the molecule is O=C(N/N=C/c1ccc(O)cc1O)c1ccc(NS(=O)(=O)c2ccccc2)cc1. The summed E-state index contributed by atoms with van der Waals surface area (Å²) in [5.41, 5.74) is 3.19. The van der Waals surface area contributed by atoms with Gasteiger partial charge in [0.05, 0.1) is 11.1 Å². The average molecular weight is 411 g/mol. The molecule has 0 atom stereocenters. The lowest BCUT2D eigenvalue weighted by molar-refractivity contribution is 0.0955. The van der Waals surface area contributed by atoms with Crippen molar-refractivity contribution in [2.75, 3.05) is 4.72 Å². The van der Waals surface area contributed by atoms with E-state index in [-0.39, 0.29) is 22.0 Å². The Morgan fingerprint density at radius 1 is 0.931 bits per heavy atom. The Bertz CT molecular complexity index is 1140. The molecule has 1 amide bonds. The van der Waals surface area contributed by atoms with Crippen LogP contribution in [0.2, 0.25) is 0 Å². The Kier molecular flexibility index (Phi) is 5.79. The van der Waals surface area contributed by atoms with E-state index in [1.165, 1.54) is 54.7 Å². The van der Waals surface area contributed by atoms with Crippen molar-refractivity contribution < 1.29 is 23.4 Å². The molecule has 9 heteroatoms. The molecule has 0 aliphatic rings. The van der Waals surface area contributed by atoms with Gasteiger partial charge in [-0.3, -0.25) is 9.52 Å². The molecule has 3 aromatic carbocycles. The normalized spacial score (nSPS) is 11.3. The fourth-order valence-electron chi connectivity index (χ4n) is 2.37. The Hall–Kier alpha value is -3.85. The van der Waals surface area contributed by atoms with Crippen LogP contribution < -0.4 is 10.1 Å². The van der Waals surface area contributed by atoms with Crippen molar-refractivity contribution in [2.45, 2.75) is 4.90 Å². The van der Waals surface area contributed by atoms with Crippen LogP contribution in [-0.4, -0.2) is 30.8 Å². The number of carbonyl (C=O) groups excluding carboxylic acids is 1. The van der Waals surface area contributed by atoms with Crippen molar-refractivity contribution in [1.29, 1.82) is 0 Å². The largest absolute Gasteiger partial charge is 0.508 e. The number of hydrogen-bond acceptors (Lipinski definition) is 6. The highest BCUT2D eigenvalue weighted by Gasteiger charge is 2.13. The molecule has 0 saturated heterocycles. The van der Waals surface area contributed by atoms with E-state index in [1.807, 2.05) is 0 Å². The summed E-state index contributed by atoms with van der Waals surface area (Å²) in [6.45, 7) is 0. The minimum absolute atomic E-state index is 0.0911. The topological polar surface area (TPSA) is 128 Å². The maximum absolute atomic E-state index is 12.3. The number of benzene rings is 3. The molecule has 3 aromatic rings. The minimum Gasteiger partial charge on any atom is -0.508 e. The Labute approximate surface area is 167 Å². The van der Waals surface area contributed by atoms with E-state index in [9.17, 15) is 23.4 Å². The third-order valence-electron chi connectivity index (χ3n) is 3.84. The second-order valence-corrected chi connectivity index (χ2v) is 7.62. The van der Waals surface area contributed by atoms with Gasteiger partial charge in [0.15, 0.2) is 0 Å². The summed E-state index contributed by atoms with van der Waals surface area (Å²) in [4.78, 5) is 12.3. The number of sulfonamides is 1. The molecule has 0 spiro atoms. The van der Waals surface area contributed by atoms with E-state index >= 15 is 0 Å². The van der Waals surface area contributed by atoms with Crippen molar-refractivity contribution >= 4 is 27.8 Å². The molecule has 29 heavy (non-hydrogen) atoms. The zero-order chi connectivity index (χ0) is 20.9. The number of nitrogens with zero attached hydrogens (tertiary/aromatic N) is 1. The van der Waals surface area contributed by atoms with Gasteiger partial charge in [0.2, 0.25) is 0 Å². The lowest BCUT2D eigenvalue weighted by Crippen LogP contribution is -2.18. The fourth-order valence-corrected chi connectivity index (χ4v) is 3.45. The highest BCUT2D eigenvalue weighted by molar-refractivity contribution is 7.92. The van der Waals surface area contributed by atoms with E-state index < -0.39 is 15.9 Å². The number of aromatic hydroxyl groups is 2. The smallest absolute Gasteiger partial charge is 0.271 e. The van der Waals surface area contributed by atoms with Gasteiger partial charge in [-0.15, -0.1) is 0 Å². The summed E-state index contributed by atoms with van der Waals surface area (Å²) < 4.78 is 27.0. The van der Waals surface area contributed by atoms with Crippen LogP contribution in [0, 0.1) is 0 Å². The number of nitrogens with one attached hydrogen (secondary N) is 2. The van der Waals surface area contributed by atoms with Crippen LogP contribution in [0.1, 0.15) is 15.9 Å². The van der Waals surface area contributed by atoms with Crippen LogP contribution in [0.15, 0.2) is 82.8 Å². The molecule has 4 N–H and O–H groups in total. The molecule has 0 heterocycles. The summed E-state index contributed by atoms with van der Waals surface area (Å²) in [5, 5.41) is 22.7. The zero-order valence-corrected chi connectivity index (χ0v) is 15.8. The zero-order valence-electron chi connectivity index (χ0n) is 15.0. The molecule has 0 aliphatic carbocycles. The van der Waals surface area contributed by atoms with Crippen LogP contribution in [0.25, 0.3) is 0 Å². The van der Waals surface area contributed by atoms with Gasteiger partial charge in [-0.25, -0.2) is 13.8 Å². The molecule has 0 saturated carbocycles. The monoisotopic (exact) mass is 411 g/mol. The highest BCUT2D eigenvalue weighted by Crippen LogP contribution is 2.21. The first kappa shape index (κ1) is 19.9. The maximum atomic E-state index is 12.3. The van der Waals surface area contributed by atoms with Crippen LogP contribution >= 0.6 is 0 Å². The van der Waals surface area contributed by atoms with Gasteiger partial charge in [0, 0.05) is 22.9 Å². The third kappa shape index (κ3) is 5.11. The van der Waals surface area contributed by atoms with Gasteiger partial charge >= 0.3 is 0 Å². The molecular weight excluding hydrogens is 394 g/mol. The van der Waals surface area contributed by atoms with Gasteiger partial charge in [-0.1, -0.05) is 18.2 Å². The Morgan fingerprint density at radius 2 is 1.62 bits per heavy atom. The van der Waals surface area contributed by atoms with Gasteiger partial charge < -0.3 is 10.2 Å². The lowest BCUT2D eigenvalue weighted by atomic mass is 10.2. The van der Waals surface area contributed by atoms with E-state index in [2.05, 4.69) is 15.2 Å². The van der Waals surface area contributed by atoms with E-state index in [4.69, 9.17) is 0 Å². The number of amides is 1. The molecular formula is C20H17N3O5S. The quantitative estimate of drug-likeness (QED) is 0.366. The molecule has 3 rings (SSSR count). The van der Waals surface area contributed by atoms with Crippen LogP contribution in [0.4, 0.5) is 5.69 Å². The van der Waals surface area contributed by atoms with Gasteiger partial charge in [-0.2, -0.15) is 5.10 Å². The van der Waals surface area contributed by atoms with Gasteiger partial charge in [0.1, 0.15) is 11.5 Å². The summed E-state index contributed by atoms with van der Waals surface area (Å²) in [7, 11) is -3.71. The second kappa shape index (κ2) is 8.44. The molecule has 0 aliphatic heterocycles. The van der Waals surface area contributed by atoms with Crippen molar-refractivity contribution in [3.8, 4) is 11.5 Å². The summed E-state index contributed by atoms with van der Waals surface area (Å²) in [6.07, 6.45) is 1.23. The first-order valence-electron chi connectivity index (χ1n) is 8.38. The number of anilines is 1. The number of phenols is 2. The maximum Gasteiger partial charge on any atom is 0.271 e. The van der Waals surface area contributed by atoms with E-state index in [1.54, 1.807) is 18.2 Å². The standard InChI is InChI=1S/C20H17N3O5S/c24-17-11-8-15(19(25)12-17)13-21-22-20(26)14-6-9-16(10-7-14)23-29(27,28)18-4-2-1-3-5-18/h1-13,23-25H,(H,22,26)/b21-13+. The molecule has 148 valence electrons. The number of phenolic OH excluding ortho intramolecular Hbond substituents is 2. The molecule has 0 fully saturated rings. The van der Waals surface area contributed by atoms with Crippen LogP contribution in [0.5, 0.6) is 11.5 Å². The van der Waals surface area contributed by atoms with Gasteiger partial charge in [-0.05, 0) is 48.5 Å². The lowest BCUT2D eigenvalue weighted by Gasteiger charge is -2.08.